The van der Waals surface area contributed by atoms with E-state index < -0.39 is 12.1 Å². The molecule has 0 fully saturated rings. The number of carbonyl (C=O) groups is 2. The molecule has 0 saturated carbocycles. The van der Waals surface area contributed by atoms with Gasteiger partial charge in [0.2, 0.25) is 0 Å². The molecular weight excluding hydrogens is 284 g/mol. The van der Waals surface area contributed by atoms with Crippen LogP contribution < -0.4 is 4.90 Å². The van der Waals surface area contributed by atoms with Crippen molar-refractivity contribution in [2.24, 2.45) is 0 Å². The van der Waals surface area contributed by atoms with Crippen molar-refractivity contribution >= 4 is 17.9 Å². The molecule has 1 N–H and O–H groups in total. The molecule has 114 valence electrons. The lowest BCUT2D eigenvalue weighted by Gasteiger charge is -2.19. The van der Waals surface area contributed by atoms with Crippen LogP contribution in [-0.2, 0) is 11.3 Å². The molecule has 1 aromatic heterocycles. The highest BCUT2D eigenvalue weighted by Crippen LogP contribution is 2.13. The van der Waals surface area contributed by atoms with Gasteiger partial charge >= 0.3 is 12.1 Å². The summed E-state index contributed by atoms with van der Waals surface area (Å²) < 4.78 is 5.24. The van der Waals surface area contributed by atoms with Crippen molar-refractivity contribution < 1.29 is 19.4 Å². The van der Waals surface area contributed by atoms with E-state index in [9.17, 15) is 9.59 Å². The third kappa shape index (κ3) is 3.82. The molecule has 0 spiro atoms. The smallest absolute Gasteiger partial charge is 0.415 e. The van der Waals surface area contributed by atoms with Gasteiger partial charge in [-0.15, -0.1) is 0 Å². The van der Waals surface area contributed by atoms with Gasteiger partial charge in [-0.25, -0.2) is 14.6 Å². The van der Waals surface area contributed by atoms with E-state index in [2.05, 4.69) is 4.98 Å². The van der Waals surface area contributed by atoms with Gasteiger partial charge in [-0.3, -0.25) is 4.90 Å². The fourth-order valence-electron chi connectivity index (χ4n) is 1.85. The van der Waals surface area contributed by atoms with Crippen molar-refractivity contribution in [3.05, 3.63) is 59.8 Å². The van der Waals surface area contributed by atoms with Gasteiger partial charge < -0.3 is 9.84 Å². The monoisotopic (exact) mass is 300 g/mol. The maximum absolute atomic E-state index is 12.1. The number of aromatic nitrogens is 1. The molecule has 6 nitrogen and oxygen atoms in total. The summed E-state index contributed by atoms with van der Waals surface area (Å²) in [4.78, 5) is 28.2. The van der Waals surface area contributed by atoms with Gasteiger partial charge in [-0.1, -0.05) is 30.3 Å². The summed E-state index contributed by atoms with van der Waals surface area (Å²) in [5.41, 5.74) is 0.957. The third-order valence-electron chi connectivity index (χ3n) is 3.01. The maximum atomic E-state index is 12.1. The Morgan fingerprint density at radius 3 is 2.45 bits per heavy atom. The van der Waals surface area contributed by atoms with Crippen LogP contribution in [-0.4, -0.2) is 28.7 Å². The first-order chi connectivity index (χ1) is 10.6. The Morgan fingerprint density at radius 1 is 1.18 bits per heavy atom. The molecule has 0 aliphatic carbocycles. The highest BCUT2D eigenvalue weighted by molar-refractivity contribution is 5.89. The van der Waals surface area contributed by atoms with Crippen LogP contribution in [0.4, 0.5) is 10.6 Å². The minimum Gasteiger partial charge on any atom is -0.478 e. The van der Waals surface area contributed by atoms with Crippen LogP contribution in [0.3, 0.4) is 0 Å². The summed E-state index contributed by atoms with van der Waals surface area (Å²) in [6.07, 6.45) is 0.687. The van der Waals surface area contributed by atoms with Crippen molar-refractivity contribution in [3.63, 3.8) is 0 Å². The van der Waals surface area contributed by atoms with Crippen LogP contribution in [0.5, 0.6) is 0 Å². The standard InChI is InChI=1S/C16H16N2O4/c1-2-18(14-9-8-13(10-17-14)15(19)20)16(21)22-11-12-6-4-3-5-7-12/h3-10H,2,11H2,1H3,(H,19,20). The predicted molar refractivity (Wildman–Crippen MR) is 80.8 cm³/mol. The Labute approximate surface area is 128 Å². The summed E-state index contributed by atoms with van der Waals surface area (Å²) in [6, 6.07) is 12.2. The van der Waals surface area contributed by atoms with Crippen LogP contribution in [0.25, 0.3) is 0 Å². The van der Waals surface area contributed by atoms with E-state index in [1.165, 1.54) is 23.2 Å². The van der Waals surface area contributed by atoms with E-state index in [4.69, 9.17) is 9.84 Å². The largest absolute Gasteiger partial charge is 0.478 e. The van der Waals surface area contributed by atoms with Crippen LogP contribution in [0.15, 0.2) is 48.7 Å². The van der Waals surface area contributed by atoms with E-state index in [-0.39, 0.29) is 12.2 Å². The van der Waals surface area contributed by atoms with Crippen molar-refractivity contribution in [3.8, 4) is 0 Å². The quantitative estimate of drug-likeness (QED) is 0.918. The van der Waals surface area contributed by atoms with E-state index in [0.29, 0.717) is 12.4 Å². The van der Waals surface area contributed by atoms with Gasteiger partial charge in [0.25, 0.3) is 0 Å². The second-order valence-corrected chi connectivity index (χ2v) is 4.49. The lowest BCUT2D eigenvalue weighted by atomic mass is 10.2. The topological polar surface area (TPSA) is 79.7 Å². The number of benzene rings is 1. The molecular formula is C16H16N2O4. The zero-order valence-corrected chi connectivity index (χ0v) is 12.1. The van der Waals surface area contributed by atoms with Crippen molar-refractivity contribution in [1.82, 2.24) is 4.98 Å². The third-order valence-corrected chi connectivity index (χ3v) is 3.01. The summed E-state index contributed by atoms with van der Waals surface area (Å²) >= 11 is 0. The zero-order chi connectivity index (χ0) is 15.9. The van der Waals surface area contributed by atoms with Gasteiger partial charge in [-0.2, -0.15) is 0 Å². The molecule has 0 atom stereocenters. The number of anilines is 1. The fourth-order valence-corrected chi connectivity index (χ4v) is 1.85. The van der Waals surface area contributed by atoms with E-state index >= 15 is 0 Å². The number of rotatable bonds is 5. The number of nitrogens with zero attached hydrogens (tertiary/aromatic N) is 2. The molecule has 0 bridgehead atoms. The SMILES string of the molecule is CCN(C(=O)OCc1ccccc1)c1ccc(C(=O)O)cn1. The molecule has 22 heavy (non-hydrogen) atoms. The number of hydrogen-bond acceptors (Lipinski definition) is 4. The van der Waals surface area contributed by atoms with Gasteiger partial charge in [0.05, 0.1) is 5.56 Å². The molecule has 1 amide bonds. The fraction of sp³-hybridized carbons (Fsp3) is 0.188. The van der Waals surface area contributed by atoms with Crippen molar-refractivity contribution in [2.45, 2.75) is 13.5 Å². The number of aromatic carboxylic acids is 1. The highest BCUT2D eigenvalue weighted by atomic mass is 16.6. The van der Waals surface area contributed by atoms with Gasteiger partial charge in [0.1, 0.15) is 12.4 Å². The van der Waals surface area contributed by atoms with Crippen molar-refractivity contribution in [1.29, 1.82) is 0 Å². The molecule has 1 heterocycles. The zero-order valence-electron chi connectivity index (χ0n) is 12.1. The number of hydrogen-bond donors (Lipinski definition) is 1. The minimum absolute atomic E-state index is 0.0671. The minimum atomic E-state index is -1.06. The van der Waals surface area contributed by atoms with E-state index in [0.717, 1.165) is 5.56 Å². The van der Waals surface area contributed by atoms with Crippen LogP contribution in [0.1, 0.15) is 22.8 Å². The Kier molecular flexibility index (Phi) is 5.08. The Balaban J connectivity index is 2.03. The van der Waals surface area contributed by atoms with Crippen LogP contribution >= 0.6 is 0 Å². The Bertz CT molecular complexity index is 641. The molecule has 2 rings (SSSR count). The first kappa shape index (κ1) is 15.5. The second kappa shape index (κ2) is 7.21. The molecule has 0 radical (unpaired) electrons. The van der Waals surface area contributed by atoms with Crippen LogP contribution in [0, 0.1) is 0 Å². The first-order valence-corrected chi connectivity index (χ1v) is 6.79. The number of pyridine rings is 1. The molecule has 6 heteroatoms. The molecule has 0 unspecified atom stereocenters. The molecule has 0 aliphatic heterocycles. The van der Waals surface area contributed by atoms with Gasteiger partial charge in [0.15, 0.2) is 0 Å². The summed E-state index contributed by atoms with van der Waals surface area (Å²) in [5.74, 6) is -0.709. The number of carboxylic acid groups (broad SMARTS) is 1. The molecule has 1 aromatic carbocycles. The van der Waals surface area contributed by atoms with Crippen LogP contribution in [0.2, 0.25) is 0 Å². The molecule has 0 aliphatic rings. The lowest BCUT2D eigenvalue weighted by Crippen LogP contribution is -2.31. The summed E-state index contributed by atoms with van der Waals surface area (Å²) in [6.45, 7) is 2.33. The Hall–Kier alpha value is -2.89. The van der Waals surface area contributed by atoms with E-state index in [1.54, 1.807) is 6.92 Å². The first-order valence-electron chi connectivity index (χ1n) is 6.79. The lowest BCUT2D eigenvalue weighted by molar-refractivity contribution is 0.0696. The normalized spacial score (nSPS) is 10.0. The number of ether oxygens (including phenoxy) is 1. The van der Waals surface area contributed by atoms with E-state index in [1.807, 2.05) is 30.3 Å². The highest BCUT2D eigenvalue weighted by Gasteiger charge is 2.17. The van der Waals surface area contributed by atoms with Gasteiger partial charge in [-0.05, 0) is 24.6 Å². The predicted octanol–water partition coefficient (Wildman–Crippen LogP) is 2.94. The molecule has 0 saturated heterocycles. The number of carboxylic acids is 1. The average Bonchev–Trinajstić information content (AvgIpc) is 2.55. The van der Waals surface area contributed by atoms with Crippen molar-refractivity contribution in [2.75, 3.05) is 11.4 Å². The molecule has 2 aromatic rings. The maximum Gasteiger partial charge on any atom is 0.415 e. The summed E-state index contributed by atoms with van der Waals surface area (Å²) in [7, 11) is 0. The summed E-state index contributed by atoms with van der Waals surface area (Å²) in [5, 5.41) is 8.85. The number of amides is 1. The average molecular weight is 300 g/mol. The Morgan fingerprint density at radius 2 is 1.91 bits per heavy atom. The number of carbonyl (C=O) groups excluding carboxylic acids is 1. The van der Waals surface area contributed by atoms with Gasteiger partial charge in [0, 0.05) is 12.7 Å². The second-order valence-electron chi connectivity index (χ2n) is 4.49.